The van der Waals surface area contributed by atoms with Crippen molar-refractivity contribution >= 4 is 71.2 Å². The Balaban J connectivity index is 2.02. The van der Waals surface area contributed by atoms with Gasteiger partial charge in [-0.1, -0.05) is 43.2 Å². The van der Waals surface area contributed by atoms with Crippen LogP contribution in [0.3, 0.4) is 0 Å². The molecule has 4 rings (SSSR count). The van der Waals surface area contributed by atoms with Gasteiger partial charge < -0.3 is 18.9 Å². The highest BCUT2D eigenvalue weighted by Gasteiger charge is 2.35. The molecular weight excluding hydrogens is 732 g/mol. The van der Waals surface area contributed by atoms with E-state index in [9.17, 15) is 9.59 Å². The molecule has 0 bridgehead atoms. The molecule has 12 heteroatoms. The molecule has 40 heavy (non-hydrogen) atoms. The lowest BCUT2D eigenvalue weighted by molar-refractivity contribution is -0.139. The van der Waals surface area contributed by atoms with Gasteiger partial charge in [-0.15, -0.1) is 0 Å². The van der Waals surface area contributed by atoms with Gasteiger partial charge >= 0.3 is 5.97 Å². The predicted molar refractivity (Wildman–Crippen MR) is 165 cm³/mol. The van der Waals surface area contributed by atoms with Crippen molar-refractivity contribution in [3.05, 3.63) is 79.8 Å². The second kappa shape index (κ2) is 13.1. The summed E-state index contributed by atoms with van der Waals surface area (Å²) in [5.41, 5.74) is 1.78. The van der Waals surface area contributed by atoms with E-state index in [0.29, 0.717) is 55.5 Å². The van der Waals surface area contributed by atoms with E-state index in [0.717, 1.165) is 14.5 Å². The summed E-state index contributed by atoms with van der Waals surface area (Å²) in [6.07, 6.45) is 1.78. The molecule has 1 atom stereocenters. The third-order valence-electron chi connectivity index (χ3n) is 6.01. The van der Waals surface area contributed by atoms with Gasteiger partial charge in [0.2, 0.25) is 0 Å². The average Bonchev–Trinajstić information content (AvgIpc) is 3.20. The summed E-state index contributed by atoms with van der Waals surface area (Å²) >= 11 is 12.0. The lowest BCUT2D eigenvalue weighted by Gasteiger charge is -2.26. The summed E-state index contributed by atoms with van der Waals surface area (Å²) in [5.74, 6) is 1.09. The zero-order valence-electron chi connectivity index (χ0n) is 22.5. The number of methoxy groups -OCH3 is 1. The maximum atomic E-state index is 14.1. The van der Waals surface area contributed by atoms with Gasteiger partial charge in [-0.05, 0) is 79.5 Å². The maximum absolute atomic E-state index is 14.1. The first kappa shape index (κ1) is 30.5. The van der Waals surface area contributed by atoms with Crippen LogP contribution in [-0.2, 0) is 9.53 Å². The minimum absolute atomic E-state index is 0.179. The van der Waals surface area contributed by atoms with Gasteiger partial charge in [0.25, 0.3) is 5.56 Å². The number of allylic oxidation sites excluding steroid dienone is 1. The van der Waals surface area contributed by atoms with E-state index in [2.05, 4.69) is 52.8 Å². The molecule has 0 radical (unpaired) electrons. The highest BCUT2D eigenvalue weighted by atomic mass is 79.9. The number of thiazole rings is 1. The lowest BCUT2D eigenvalue weighted by atomic mass is 9.95. The molecule has 0 unspecified atom stereocenters. The van der Waals surface area contributed by atoms with Crippen molar-refractivity contribution in [2.45, 2.75) is 33.7 Å². The van der Waals surface area contributed by atoms with Crippen LogP contribution >= 0.6 is 59.1 Å². The van der Waals surface area contributed by atoms with Crippen molar-refractivity contribution in [3.63, 3.8) is 0 Å². The van der Waals surface area contributed by atoms with Crippen LogP contribution in [0.15, 0.2) is 58.7 Å². The standard InChI is InChI=1S/C28H27Br3N2O6S/c1-6-37-21-13-18(30)17(12-20(21)36-5)24-23(27(35)39-8-3)14(4)32-28-33(24)26(34)22(40-28)10-15-9-16(29)11-19(31)25(15)38-7-2/h9-13,24H,6-8H2,1-5H3/b22-10+/t24-/m1/s1. The molecule has 0 N–H and O–H groups in total. The highest BCUT2D eigenvalue weighted by Crippen LogP contribution is 2.41. The van der Waals surface area contributed by atoms with Gasteiger partial charge in [0.1, 0.15) is 5.75 Å². The number of carbonyl (C=O) groups excluding carboxylic acids is 1. The average molecular weight is 759 g/mol. The van der Waals surface area contributed by atoms with Crippen LogP contribution in [-0.4, -0.2) is 37.5 Å². The zero-order chi connectivity index (χ0) is 29.1. The molecule has 1 aliphatic heterocycles. The first-order valence-electron chi connectivity index (χ1n) is 12.5. The van der Waals surface area contributed by atoms with Crippen molar-refractivity contribution in [1.82, 2.24) is 4.57 Å². The SMILES string of the molecule is CCOC(=O)C1=C(C)N=c2s/c(=C/c3cc(Br)cc(Br)c3OCC)c(=O)n2[C@@H]1c1cc(OC)c(OCC)cc1Br. The number of halogens is 3. The van der Waals surface area contributed by atoms with Gasteiger partial charge in [-0.3, -0.25) is 9.36 Å². The minimum atomic E-state index is -0.822. The molecule has 8 nitrogen and oxygen atoms in total. The molecule has 0 aliphatic carbocycles. The molecule has 3 aromatic rings. The van der Waals surface area contributed by atoms with Gasteiger partial charge in [0.05, 0.1) is 53.2 Å². The van der Waals surface area contributed by atoms with Gasteiger partial charge in [-0.2, -0.15) is 0 Å². The summed E-state index contributed by atoms with van der Waals surface area (Å²) in [4.78, 5) is 32.5. The number of hydrogen-bond acceptors (Lipinski definition) is 8. The van der Waals surface area contributed by atoms with Crippen LogP contribution in [0.25, 0.3) is 6.08 Å². The summed E-state index contributed by atoms with van der Waals surface area (Å²) in [6, 6.07) is 6.49. The summed E-state index contributed by atoms with van der Waals surface area (Å²) in [5, 5.41) is 0. The number of fused-ring (bicyclic) bond motifs is 1. The molecule has 1 aromatic heterocycles. The van der Waals surface area contributed by atoms with Crippen molar-refractivity contribution in [3.8, 4) is 17.2 Å². The van der Waals surface area contributed by atoms with Gasteiger partial charge in [0.15, 0.2) is 16.3 Å². The van der Waals surface area contributed by atoms with Crippen LogP contribution in [0.4, 0.5) is 0 Å². The van der Waals surface area contributed by atoms with Crippen LogP contribution in [0.5, 0.6) is 17.2 Å². The van der Waals surface area contributed by atoms with Crippen molar-refractivity contribution < 1.29 is 23.7 Å². The number of benzene rings is 2. The third kappa shape index (κ3) is 5.95. The predicted octanol–water partition coefficient (Wildman–Crippen LogP) is 5.89. The largest absolute Gasteiger partial charge is 0.493 e. The number of aromatic nitrogens is 1. The molecule has 212 valence electrons. The van der Waals surface area contributed by atoms with Crippen molar-refractivity contribution in [2.24, 2.45) is 4.99 Å². The van der Waals surface area contributed by atoms with E-state index in [1.807, 2.05) is 26.0 Å². The van der Waals surface area contributed by atoms with E-state index in [1.165, 1.54) is 15.9 Å². The number of rotatable bonds is 9. The molecule has 2 aromatic carbocycles. The van der Waals surface area contributed by atoms with Crippen molar-refractivity contribution in [2.75, 3.05) is 26.9 Å². The fourth-order valence-electron chi connectivity index (χ4n) is 4.40. The van der Waals surface area contributed by atoms with E-state index >= 15 is 0 Å². The Kier molecular flexibility index (Phi) is 9.97. The zero-order valence-corrected chi connectivity index (χ0v) is 28.0. The first-order chi connectivity index (χ1) is 19.1. The Hall–Kier alpha value is -2.41. The summed E-state index contributed by atoms with van der Waals surface area (Å²) in [7, 11) is 1.54. The normalized spacial score (nSPS) is 15.0. The Morgan fingerprint density at radius 1 is 1.02 bits per heavy atom. The smallest absolute Gasteiger partial charge is 0.338 e. The highest BCUT2D eigenvalue weighted by molar-refractivity contribution is 9.11. The Morgan fingerprint density at radius 3 is 2.40 bits per heavy atom. The Morgan fingerprint density at radius 2 is 1.75 bits per heavy atom. The molecule has 0 saturated heterocycles. The number of esters is 1. The molecule has 0 spiro atoms. The van der Waals surface area contributed by atoms with E-state index in [4.69, 9.17) is 18.9 Å². The topological polar surface area (TPSA) is 88.4 Å². The second-order valence-corrected chi connectivity index (χ2v) is 12.1. The first-order valence-corrected chi connectivity index (χ1v) is 15.7. The summed E-state index contributed by atoms with van der Waals surface area (Å²) in [6.45, 7) is 8.34. The number of hydrogen-bond donors (Lipinski definition) is 0. The van der Waals surface area contributed by atoms with Gasteiger partial charge in [-0.25, -0.2) is 9.79 Å². The van der Waals surface area contributed by atoms with Gasteiger partial charge in [0, 0.05) is 14.5 Å². The molecular formula is C28H27Br3N2O6S. The quantitative estimate of drug-likeness (QED) is 0.253. The second-order valence-electron chi connectivity index (χ2n) is 8.50. The Bertz CT molecular complexity index is 1680. The van der Waals surface area contributed by atoms with Crippen LogP contribution in [0.1, 0.15) is 44.9 Å². The molecule has 1 aliphatic rings. The summed E-state index contributed by atoms with van der Waals surface area (Å²) < 4.78 is 26.8. The van der Waals surface area contributed by atoms with E-state index < -0.39 is 12.0 Å². The Labute approximate surface area is 260 Å². The molecule has 0 fully saturated rings. The molecule has 0 amide bonds. The number of ether oxygens (including phenoxy) is 4. The molecule has 0 saturated carbocycles. The van der Waals surface area contributed by atoms with Crippen LogP contribution < -0.4 is 29.1 Å². The van der Waals surface area contributed by atoms with Crippen LogP contribution in [0.2, 0.25) is 0 Å². The van der Waals surface area contributed by atoms with E-state index in [1.54, 1.807) is 39.2 Å². The fourth-order valence-corrected chi connectivity index (χ4v) is 7.35. The fraction of sp³-hybridized carbons (Fsp3) is 0.321. The third-order valence-corrected chi connectivity index (χ3v) is 8.72. The maximum Gasteiger partial charge on any atom is 0.338 e. The van der Waals surface area contributed by atoms with E-state index in [-0.39, 0.29) is 17.7 Å². The number of nitrogens with zero attached hydrogens (tertiary/aromatic N) is 2. The van der Waals surface area contributed by atoms with Crippen molar-refractivity contribution in [1.29, 1.82) is 0 Å². The lowest BCUT2D eigenvalue weighted by Crippen LogP contribution is -2.40. The minimum Gasteiger partial charge on any atom is -0.493 e. The monoisotopic (exact) mass is 756 g/mol. The van der Waals surface area contributed by atoms with Crippen LogP contribution in [0, 0.1) is 0 Å². The number of carbonyl (C=O) groups is 1. The molecule has 2 heterocycles.